The van der Waals surface area contributed by atoms with E-state index in [0.29, 0.717) is 13.1 Å². The van der Waals surface area contributed by atoms with Gasteiger partial charge in [0.1, 0.15) is 0 Å². The van der Waals surface area contributed by atoms with Crippen molar-refractivity contribution in [2.24, 2.45) is 0 Å². The van der Waals surface area contributed by atoms with Crippen LogP contribution in [0, 0.1) is 0 Å². The summed E-state index contributed by atoms with van der Waals surface area (Å²) < 4.78 is 0. The second kappa shape index (κ2) is 5.01. The smallest absolute Gasteiger partial charge is 0.335 e. The number of fused-ring (bicyclic) bond motifs is 1. The highest BCUT2D eigenvalue weighted by atomic mass is 16.4. The van der Waals surface area contributed by atoms with E-state index in [-0.39, 0.29) is 24.7 Å². The van der Waals surface area contributed by atoms with Crippen LogP contribution < -0.4 is 0 Å². The lowest BCUT2D eigenvalue weighted by Crippen LogP contribution is -2.39. The molecule has 3 N–H and O–H groups in total. The zero-order valence-electron chi connectivity index (χ0n) is 11.3. The third kappa shape index (κ3) is 2.45. The number of hydrogen-bond acceptors (Lipinski definition) is 4. The van der Waals surface area contributed by atoms with Crippen molar-refractivity contribution in [1.82, 2.24) is 9.80 Å². The highest BCUT2D eigenvalue weighted by molar-refractivity contribution is 5.88. The van der Waals surface area contributed by atoms with Gasteiger partial charge in [0.05, 0.1) is 30.9 Å². The van der Waals surface area contributed by atoms with Gasteiger partial charge in [-0.15, -0.1) is 0 Å². The molecule has 1 saturated heterocycles. The van der Waals surface area contributed by atoms with Crippen LogP contribution in [0.2, 0.25) is 0 Å². The Kier molecular flexibility index (Phi) is 3.30. The number of amides is 2. The van der Waals surface area contributed by atoms with Crippen molar-refractivity contribution < 1.29 is 24.9 Å². The minimum absolute atomic E-state index is 0.118. The van der Waals surface area contributed by atoms with E-state index >= 15 is 0 Å². The van der Waals surface area contributed by atoms with Crippen LogP contribution in [0.1, 0.15) is 21.5 Å². The van der Waals surface area contributed by atoms with Crippen molar-refractivity contribution in [1.29, 1.82) is 0 Å². The lowest BCUT2D eigenvalue weighted by Gasteiger charge is -2.23. The van der Waals surface area contributed by atoms with Crippen molar-refractivity contribution in [3.05, 3.63) is 34.9 Å². The number of rotatable bonds is 1. The number of aromatic carboxylic acids is 1. The van der Waals surface area contributed by atoms with Crippen LogP contribution >= 0.6 is 0 Å². The molecule has 2 aliphatic heterocycles. The highest BCUT2D eigenvalue weighted by Gasteiger charge is 2.36. The average Bonchev–Trinajstić information content (AvgIpc) is 3.01. The van der Waals surface area contributed by atoms with Crippen LogP contribution in [0.25, 0.3) is 0 Å². The average molecular weight is 292 g/mol. The SMILES string of the molecule is O=C(O)c1ccc2c(c1)CN(C(=O)N1CC(O)C(O)C1)C2. The van der Waals surface area contributed by atoms with E-state index in [2.05, 4.69) is 0 Å². The molecule has 2 atom stereocenters. The summed E-state index contributed by atoms with van der Waals surface area (Å²) in [7, 11) is 0. The van der Waals surface area contributed by atoms with Crippen LogP contribution in [0.15, 0.2) is 18.2 Å². The molecule has 7 heteroatoms. The minimum atomic E-state index is -0.992. The van der Waals surface area contributed by atoms with E-state index < -0.39 is 18.2 Å². The van der Waals surface area contributed by atoms with Crippen LogP contribution in [0.3, 0.4) is 0 Å². The molecule has 0 aromatic heterocycles. The Morgan fingerprint density at radius 1 is 1.00 bits per heavy atom. The van der Waals surface area contributed by atoms with Crippen molar-refractivity contribution >= 4 is 12.0 Å². The van der Waals surface area contributed by atoms with Crippen LogP contribution in [-0.4, -0.2) is 62.4 Å². The molecule has 2 heterocycles. The molecule has 0 spiro atoms. The molecule has 7 nitrogen and oxygen atoms in total. The first kappa shape index (κ1) is 13.8. The Hall–Kier alpha value is -2.12. The molecule has 1 aromatic carbocycles. The van der Waals surface area contributed by atoms with E-state index in [1.807, 2.05) is 0 Å². The fraction of sp³-hybridized carbons (Fsp3) is 0.429. The molecule has 1 fully saturated rings. The number of likely N-dealkylation sites (tertiary alicyclic amines) is 1. The Morgan fingerprint density at radius 2 is 1.62 bits per heavy atom. The van der Waals surface area contributed by atoms with Gasteiger partial charge in [0.15, 0.2) is 0 Å². The van der Waals surface area contributed by atoms with Gasteiger partial charge in [-0.05, 0) is 23.3 Å². The minimum Gasteiger partial charge on any atom is -0.478 e. The van der Waals surface area contributed by atoms with E-state index in [0.717, 1.165) is 11.1 Å². The van der Waals surface area contributed by atoms with Gasteiger partial charge in [-0.3, -0.25) is 0 Å². The van der Waals surface area contributed by atoms with Crippen LogP contribution in [-0.2, 0) is 13.1 Å². The first-order chi connectivity index (χ1) is 9.95. The highest BCUT2D eigenvalue weighted by Crippen LogP contribution is 2.26. The van der Waals surface area contributed by atoms with Gasteiger partial charge in [0, 0.05) is 13.1 Å². The Balaban J connectivity index is 1.73. The summed E-state index contributed by atoms with van der Waals surface area (Å²) in [5.41, 5.74) is 1.95. The molecule has 0 bridgehead atoms. The van der Waals surface area contributed by atoms with Crippen LogP contribution in [0.5, 0.6) is 0 Å². The summed E-state index contributed by atoms with van der Waals surface area (Å²) in [5.74, 6) is -0.992. The molecule has 2 amide bonds. The largest absolute Gasteiger partial charge is 0.478 e. The van der Waals surface area contributed by atoms with E-state index in [1.54, 1.807) is 17.0 Å². The number of carboxylic acids is 1. The Bertz CT molecular complexity index is 593. The maximum absolute atomic E-state index is 12.3. The van der Waals surface area contributed by atoms with Crippen molar-refractivity contribution in [3.63, 3.8) is 0 Å². The molecule has 0 aliphatic carbocycles. The molecular formula is C14H16N2O5. The zero-order chi connectivity index (χ0) is 15.1. The van der Waals surface area contributed by atoms with E-state index in [1.165, 1.54) is 11.0 Å². The summed E-state index contributed by atoms with van der Waals surface area (Å²) >= 11 is 0. The number of carboxylic acid groups (broad SMARTS) is 1. The number of aliphatic hydroxyl groups is 2. The van der Waals surface area contributed by atoms with E-state index in [9.17, 15) is 19.8 Å². The molecule has 1 aromatic rings. The summed E-state index contributed by atoms with van der Waals surface area (Å²) in [6.07, 6.45) is -1.81. The molecular weight excluding hydrogens is 276 g/mol. The van der Waals surface area contributed by atoms with Gasteiger partial charge in [-0.1, -0.05) is 6.07 Å². The number of urea groups is 1. The summed E-state index contributed by atoms with van der Waals surface area (Å²) in [5, 5.41) is 28.0. The molecule has 3 rings (SSSR count). The second-order valence-electron chi connectivity index (χ2n) is 5.47. The predicted molar refractivity (Wildman–Crippen MR) is 71.6 cm³/mol. The lowest BCUT2D eigenvalue weighted by atomic mass is 10.1. The maximum atomic E-state index is 12.3. The fourth-order valence-electron chi connectivity index (χ4n) is 2.79. The molecule has 0 radical (unpaired) electrons. The molecule has 112 valence electrons. The quantitative estimate of drug-likeness (QED) is 0.668. The molecule has 2 aliphatic rings. The van der Waals surface area contributed by atoms with E-state index in [4.69, 9.17) is 5.11 Å². The van der Waals surface area contributed by atoms with Gasteiger partial charge in [0.2, 0.25) is 0 Å². The lowest BCUT2D eigenvalue weighted by molar-refractivity contribution is 0.0572. The monoisotopic (exact) mass is 292 g/mol. The van der Waals surface area contributed by atoms with Gasteiger partial charge < -0.3 is 25.1 Å². The molecule has 0 saturated carbocycles. The summed E-state index contributed by atoms with van der Waals surface area (Å²) in [6, 6.07) is 4.58. The van der Waals surface area contributed by atoms with Crippen molar-refractivity contribution in [3.8, 4) is 0 Å². The predicted octanol–water partition coefficient (Wildman–Crippen LogP) is -0.142. The van der Waals surface area contributed by atoms with Crippen molar-refractivity contribution in [2.45, 2.75) is 25.3 Å². The van der Waals surface area contributed by atoms with Gasteiger partial charge in [0.25, 0.3) is 0 Å². The Labute approximate surface area is 121 Å². The topological polar surface area (TPSA) is 101 Å². The number of β-amino-alcohol motifs (C(OH)–C–C–N with tert-alkyl or cyclic N) is 2. The number of aliphatic hydroxyl groups excluding tert-OH is 2. The zero-order valence-corrected chi connectivity index (χ0v) is 11.3. The van der Waals surface area contributed by atoms with Gasteiger partial charge >= 0.3 is 12.0 Å². The first-order valence-corrected chi connectivity index (χ1v) is 6.71. The third-order valence-electron chi connectivity index (χ3n) is 3.98. The fourth-order valence-corrected chi connectivity index (χ4v) is 2.79. The first-order valence-electron chi connectivity index (χ1n) is 6.71. The van der Waals surface area contributed by atoms with Crippen molar-refractivity contribution in [2.75, 3.05) is 13.1 Å². The third-order valence-corrected chi connectivity index (χ3v) is 3.98. The summed E-state index contributed by atoms with van der Waals surface area (Å²) in [6.45, 7) is 0.995. The Morgan fingerprint density at radius 3 is 2.24 bits per heavy atom. The summed E-state index contributed by atoms with van der Waals surface area (Å²) in [4.78, 5) is 26.3. The standard InChI is InChI=1S/C14H16N2O5/c17-11-6-16(7-12(11)18)14(21)15-4-9-2-1-8(13(19)20)3-10(9)5-15/h1-3,11-12,17-18H,4-7H2,(H,19,20). The number of carbonyl (C=O) groups is 2. The number of carbonyl (C=O) groups excluding carboxylic acids is 1. The molecule has 21 heavy (non-hydrogen) atoms. The molecule has 2 unspecified atom stereocenters. The van der Waals surface area contributed by atoms with Gasteiger partial charge in [-0.25, -0.2) is 9.59 Å². The normalized spacial score (nSPS) is 24.3. The van der Waals surface area contributed by atoms with Crippen LogP contribution in [0.4, 0.5) is 4.79 Å². The number of benzene rings is 1. The van der Waals surface area contributed by atoms with Gasteiger partial charge in [-0.2, -0.15) is 0 Å². The second-order valence-corrected chi connectivity index (χ2v) is 5.47. The number of hydrogen-bond donors (Lipinski definition) is 3. The number of nitrogens with zero attached hydrogens (tertiary/aromatic N) is 2. The maximum Gasteiger partial charge on any atom is 0.335 e.